The topological polar surface area (TPSA) is 27.7 Å². The molecule has 0 aromatic heterocycles. The molecule has 0 atom stereocenters. The summed E-state index contributed by atoms with van der Waals surface area (Å²) in [6, 6.07) is 63.0. The first-order valence-corrected chi connectivity index (χ1v) is 15.6. The lowest BCUT2D eigenvalue weighted by Crippen LogP contribution is -2.48. The van der Waals surface area contributed by atoms with Gasteiger partial charge in [0.2, 0.25) is 0 Å². The van der Waals surface area contributed by atoms with E-state index in [9.17, 15) is 0 Å². The van der Waals surface area contributed by atoms with Crippen molar-refractivity contribution < 1.29 is 14.2 Å². The fourth-order valence-electron chi connectivity index (χ4n) is 6.45. The predicted octanol–water partition coefficient (Wildman–Crippen LogP) is 9.52. The van der Waals surface area contributed by atoms with Crippen LogP contribution in [0.4, 0.5) is 0 Å². The summed E-state index contributed by atoms with van der Waals surface area (Å²) in [5, 5.41) is 0. The molecule has 1 aliphatic heterocycles. The molecule has 6 aromatic rings. The summed E-state index contributed by atoms with van der Waals surface area (Å²) in [5.74, 6) is -0.540. The van der Waals surface area contributed by atoms with Gasteiger partial charge in [0.05, 0.1) is 17.8 Å². The Bertz CT molecular complexity index is 1390. The Balaban J connectivity index is 1.38. The van der Waals surface area contributed by atoms with Crippen molar-refractivity contribution in [2.45, 2.75) is 36.6 Å². The molecule has 0 saturated carbocycles. The van der Waals surface area contributed by atoms with Gasteiger partial charge >= 0.3 is 0 Å². The van der Waals surface area contributed by atoms with Gasteiger partial charge in [-0.15, -0.1) is 0 Å². The zero-order valence-corrected chi connectivity index (χ0v) is 25.0. The molecule has 7 rings (SSSR count). The summed E-state index contributed by atoms with van der Waals surface area (Å²) >= 11 is 0. The minimum Gasteiger partial charge on any atom is -0.322 e. The summed E-state index contributed by atoms with van der Waals surface area (Å²) < 4.78 is 21.1. The van der Waals surface area contributed by atoms with E-state index in [1.54, 1.807) is 0 Å². The van der Waals surface area contributed by atoms with Crippen LogP contribution in [0, 0.1) is 0 Å². The Kier molecular flexibility index (Phi) is 8.93. The van der Waals surface area contributed by atoms with Gasteiger partial charge in [-0.1, -0.05) is 182 Å². The van der Waals surface area contributed by atoms with Crippen molar-refractivity contribution in [3.8, 4) is 0 Å². The van der Waals surface area contributed by atoms with Gasteiger partial charge in [0.1, 0.15) is 0 Å². The molecule has 0 aliphatic carbocycles. The molecule has 222 valence electrons. The number of hydrogen-bond donors (Lipinski definition) is 0. The standard InChI is InChI=1S/C42H36O3/c1-7-19-31(20-8-1)37(32-21-9-2-10-22-32)40-43-41(38(33-23-11-3-12-24-33)34-25-13-4-14-26-34)45-42(44-40)39(35-27-15-5-16-28-35)36-29-17-6-18-30-36/h1-30,37-42H. The molecule has 1 saturated heterocycles. The highest BCUT2D eigenvalue weighted by Gasteiger charge is 2.44. The number of hydrogen-bond acceptors (Lipinski definition) is 3. The second kappa shape index (κ2) is 13.9. The molecule has 0 spiro atoms. The first-order valence-electron chi connectivity index (χ1n) is 15.6. The molecule has 0 N–H and O–H groups in total. The third-order valence-corrected chi connectivity index (χ3v) is 8.57. The van der Waals surface area contributed by atoms with Gasteiger partial charge in [-0.3, -0.25) is 0 Å². The van der Waals surface area contributed by atoms with E-state index in [-0.39, 0.29) is 17.8 Å². The summed E-state index contributed by atoms with van der Waals surface area (Å²) in [6.45, 7) is 0. The summed E-state index contributed by atoms with van der Waals surface area (Å²) in [7, 11) is 0. The lowest BCUT2D eigenvalue weighted by atomic mass is 9.87. The highest BCUT2D eigenvalue weighted by atomic mass is 16.9. The smallest absolute Gasteiger partial charge is 0.174 e. The molecule has 1 fully saturated rings. The molecular weight excluding hydrogens is 552 g/mol. The second-order valence-corrected chi connectivity index (χ2v) is 11.4. The highest BCUT2D eigenvalue weighted by molar-refractivity contribution is 5.37. The van der Waals surface area contributed by atoms with Crippen LogP contribution in [0.25, 0.3) is 0 Å². The molecule has 0 radical (unpaired) electrons. The third-order valence-electron chi connectivity index (χ3n) is 8.57. The van der Waals surface area contributed by atoms with Gasteiger partial charge < -0.3 is 14.2 Å². The number of rotatable bonds is 9. The third kappa shape index (κ3) is 6.52. The number of ether oxygens (including phenoxy) is 3. The zero-order chi connectivity index (χ0) is 30.3. The van der Waals surface area contributed by atoms with E-state index in [1.807, 2.05) is 36.4 Å². The molecule has 0 amide bonds. The highest BCUT2D eigenvalue weighted by Crippen LogP contribution is 2.43. The van der Waals surface area contributed by atoms with Gasteiger partial charge in [-0.05, 0) is 33.4 Å². The van der Waals surface area contributed by atoms with Crippen molar-refractivity contribution >= 4 is 0 Å². The molecule has 3 nitrogen and oxygen atoms in total. The van der Waals surface area contributed by atoms with Crippen LogP contribution >= 0.6 is 0 Å². The van der Waals surface area contributed by atoms with Crippen molar-refractivity contribution in [3.63, 3.8) is 0 Å². The Morgan fingerprint density at radius 1 is 0.244 bits per heavy atom. The van der Waals surface area contributed by atoms with Gasteiger partial charge in [0.15, 0.2) is 18.9 Å². The van der Waals surface area contributed by atoms with Crippen LogP contribution in [-0.2, 0) is 14.2 Å². The van der Waals surface area contributed by atoms with Crippen molar-refractivity contribution in [3.05, 3.63) is 215 Å². The van der Waals surface area contributed by atoms with Crippen LogP contribution in [0.15, 0.2) is 182 Å². The molecule has 6 aromatic carbocycles. The quantitative estimate of drug-likeness (QED) is 0.168. The normalized spacial score (nSPS) is 18.3. The maximum absolute atomic E-state index is 7.04. The molecular formula is C42H36O3. The largest absolute Gasteiger partial charge is 0.322 e. The summed E-state index contributed by atoms with van der Waals surface area (Å²) in [5.41, 5.74) is 6.75. The lowest BCUT2D eigenvalue weighted by Gasteiger charge is -2.44. The average molecular weight is 589 g/mol. The fourth-order valence-corrected chi connectivity index (χ4v) is 6.45. The first kappa shape index (κ1) is 28.9. The van der Waals surface area contributed by atoms with E-state index < -0.39 is 18.9 Å². The van der Waals surface area contributed by atoms with Crippen molar-refractivity contribution in [2.24, 2.45) is 0 Å². The minimum atomic E-state index is -0.622. The van der Waals surface area contributed by atoms with Gasteiger partial charge in [-0.2, -0.15) is 0 Å². The predicted molar refractivity (Wildman–Crippen MR) is 179 cm³/mol. The van der Waals surface area contributed by atoms with Crippen LogP contribution in [0.2, 0.25) is 0 Å². The lowest BCUT2D eigenvalue weighted by molar-refractivity contribution is -0.391. The Morgan fingerprint density at radius 3 is 0.556 bits per heavy atom. The molecule has 3 heteroatoms. The van der Waals surface area contributed by atoms with Gasteiger partial charge in [-0.25, -0.2) is 0 Å². The van der Waals surface area contributed by atoms with Crippen molar-refractivity contribution in [1.82, 2.24) is 0 Å². The van der Waals surface area contributed by atoms with E-state index in [0.717, 1.165) is 33.4 Å². The minimum absolute atomic E-state index is 0.180. The maximum Gasteiger partial charge on any atom is 0.174 e. The molecule has 1 heterocycles. The summed E-state index contributed by atoms with van der Waals surface area (Å²) in [6.07, 6.45) is -1.87. The fraction of sp³-hybridized carbons (Fsp3) is 0.143. The van der Waals surface area contributed by atoms with Gasteiger partial charge in [0, 0.05) is 0 Å². The van der Waals surface area contributed by atoms with Crippen LogP contribution in [-0.4, -0.2) is 18.9 Å². The monoisotopic (exact) mass is 588 g/mol. The van der Waals surface area contributed by atoms with Crippen molar-refractivity contribution in [1.29, 1.82) is 0 Å². The van der Waals surface area contributed by atoms with E-state index in [0.29, 0.717) is 0 Å². The van der Waals surface area contributed by atoms with Crippen LogP contribution in [0.3, 0.4) is 0 Å². The van der Waals surface area contributed by atoms with E-state index in [1.165, 1.54) is 0 Å². The van der Waals surface area contributed by atoms with Crippen LogP contribution < -0.4 is 0 Å². The van der Waals surface area contributed by atoms with E-state index >= 15 is 0 Å². The van der Waals surface area contributed by atoms with Crippen LogP contribution in [0.1, 0.15) is 51.1 Å². The molecule has 0 unspecified atom stereocenters. The Labute approximate surface area is 265 Å². The first-order chi connectivity index (χ1) is 22.3. The average Bonchev–Trinajstić information content (AvgIpc) is 3.12. The maximum atomic E-state index is 7.04. The van der Waals surface area contributed by atoms with Gasteiger partial charge in [0.25, 0.3) is 0 Å². The zero-order valence-electron chi connectivity index (χ0n) is 25.0. The SMILES string of the molecule is c1ccc(C(c2ccccc2)C2OC(C(c3ccccc3)c3ccccc3)OC(C(c3ccccc3)c3ccccc3)O2)cc1. The number of benzene rings is 6. The summed E-state index contributed by atoms with van der Waals surface area (Å²) in [4.78, 5) is 0. The van der Waals surface area contributed by atoms with Crippen LogP contribution in [0.5, 0.6) is 0 Å². The Hall–Kier alpha value is -4.80. The van der Waals surface area contributed by atoms with E-state index in [4.69, 9.17) is 14.2 Å². The molecule has 1 aliphatic rings. The van der Waals surface area contributed by atoms with Crippen molar-refractivity contribution in [2.75, 3.05) is 0 Å². The second-order valence-electron chi connectivity index (χ2n) is 11.4. The molecule has 0 bridgehead atoms. The Morgan fingerprint density at radius 2 is 0.400 bits per heavy atom. The van der Waals surface area contributed by atoms with E-state index in [2.05, 4.69) is 146 Å². The molecule has 45 heavy (non-hydrogen) atoms.